The Balaban J connectivity index is 0. The van der Waals surface area contributed by atoms with Gasteiger partial charge in [-0.1, -0.05) is 148 Å². The molecule has 0 radical (unpaired) electrons. The first-order valence-corrected chi connectivity index (χ1v) is 23.3. The van der Waals surface area contributed by atoms with E-state index in [1.807, 2.05) is 0 Å². The minimum absolute atomic E-state index is 0.303. The minimum atomic E-state index is -11.1. The van der Waals surface area contributed by atoms with E-state index in [1.165, 1.54) is 128 Å². The summed E-state index contributed by atoms with van der Waals surface area (Å²) in [5.74, 6) is 0. The fourth-order valence-corrected chi connectivity index (χ4v) is 5.34. The summed E-state index contributed by atoms with van der Waals surface area (Å²) in [6.45, 7) is 0.793. The number of unbranched alkanes of at least 4 members (excludes halogenated alkanes) is 24. The topological polar surface area (TPSA) is 9.23 Å². The molecular formula is C28H56AsF9OS3. The second-order valence-corrected chi connectivity index (χ2v) is 18.8. The van der Waals surface area contributed by atoms with E-state index in [0.29, 0.717) is 6.42 Å². The molecule has 14 heteroatoms. The van der Waals surface area contributed by atoms with E-state index < -0.39 is 36.0 Å². The van der Waals surface area contributed by atoms with Crippen molar-refractivity contribution in [2.75, 3.05) is 6.61 Å². The second-order valence-electron chi connectivity index (χ2n) is 11.2. The number of rotatable bonds is 28. The van der Waals surface area contributed by atoms with Crippen LogP contribution in [0.2, 0.25) is 0 Å². The van der Waals surface area contributed by atoms with Crippen LogP contribution in [0.5, 0.6) is 0 Å². The van der Waals surface area contributed by atoms with E-state index in [-0.39, 0.29) is 0 Å². The standard InChI is InChI=1S/C28H56F3OS3.AsF6/c29-28(30,31)26-24-22-20-18-16-14-12-10-8-6-4-2-1-3-5-7-9-11-13-15-17-19-21-23-25-27-32-35(33)34;2-1(3,4,5,6)7/h33-34H,1-27H2;/q+1;-1. The van der Waals surface area contributed by atoms with E-state index in [4.69, 9.17) is 4.18 Å². The maximum absolute atomic E-state index is 12.1. The Morgan fingerprint density at radius 2 is 0.595 bits per heavy atom. The molecule has 0 N–H and O–H groups in total. The van der Waals surface area contributed by atoms with Crippen LogP contribution in [0.3, 0.4) is 0 Å². The molecule has 42 heavy (non-hydrogen) atoms. The molecule has 0 aromatic carbocycles. The quantitative estimate of drug-likeness (QED) is 0.0202. The molecular weight excluding hydrogens is 694 g/mol. The van der Waals surface area contributed by atoms with E-state index in [1.54, 1.807) is 0 Å². The van der Waals surface area contributed by atoms with Crippen molar-refractivity contribution in [1.29, 1.82) is 0 Å². The molecule has 0 fully saturated rings. The molecule has 0 saturated carbocycles. The van der Waals surface area contributed by atoms with Crippen molar-refractivity contribution in [2.45, 2.75) is 173 Å². The van der Waals surface area contributed by atoms with Crippen molar-refractivity contribution in [3.8, 4) is 0 Å². The van der Waals surface area contributed by atoms with Crippen molar-refractivity contribution < 1.29 is 38.2 Å². The Kier molecular flexibility index (Phi) is 26.9. The van der Waals surface area contributed by atoms with Crippen LogP contribution >= 0.6 is 23.3 Å². The summed E-state index contributed by atoms with van der Waals surface area (Å²) in [4.78, 5) is 0. The summed E-state index contributed by atoms with van der Waals surface area (Å²) in [6, 6.07) is 0. The predicted molar refractivity (Wildman–Crippen MR) is 170 cm³/mol. The molecule has 0 bridgehead atoms. The van der Waals surface area contributed by atoms with E-state index in [9.17, 15) is 34.0 Å². The van der Waals surface area contributed by atoms with Gasteiger partial charge in [0.05, 0.1) is 0 Å². The third-order valence-electron chi connectivity index (χ3n) is 6.79. The molecule has 1 nitrogen and oxygen atoms in total. The summed E-state index contributed by atoms with van der Waals surface area (Å²) in [5, 5.41) is 0. The zero-order chi connectivity index (χ0) is 32.3. The van der Waals surface area contributed by atoms with Gasteiger partial charge in [-0.2, -0.15) is 13.2 Å². The summed E-state index contributed by atoms with van der Waals surface area (Å²) in [6.07, 6.45) is 26.9. The molecule has 0 aromatic rings. The van der Waals surface area contributed by atoms with Gasteiger partial charge in [-0.25, -0.2) is 0 Å². The third-order valence-corrected chi connectivity index (χ3v) is 7.80. The number of hydrogen-bond donors (Lipinski definition) is 2. The van der Waals surface area contributed by atoms with Crippen molar-refractivity contribution in [3.63, 3.8) is 0 Å². The van der Waals surface area contributed by atoms with Gasteiger partial charge in [0, 0.05) is 6.42 Å². The van der Waals surface area contributed by atoms with Gasteiger partial charge in [0.15, 0.2) is 0 Å². The summed E-state index contributed by atoms with van der Waals surface area (Å²) < 4.78 is 101. The number of hydrogen-bond acceptors (Lipinski definition) is 3. The summed E-state index contributed by atoms with van der Waals surface area (Å²) in [7, 11) is -0.469. The Bertz CT molecular complexity index is 581. The maximum atomic E-state index is 12.1. The van der Waals surface area contributed by atoms with E-state index in [2.05, 4.69) is 23.3 Å². The van der Waals surface area contributed by atoms with Crippen LogP contribution in [0.1, 0.15) is 167 Å². The van der Waals surface area contributed by atoms with Crippen LogP contribution in [0.15, 0.2) is 0 Å². The van der Waals surface area contributed by atoms with Crippen LogP contribution in [0, 0.1) is 0 Å². The Hall–Kier alpha value is 0.938. The molecule has 0 saturated heterocycles. The van der Waals surface area contributed by atoms with Crippen LogP contribution in [0.25, 0.3) is 0 Å². The third kappa shape index (κ3) is 60.2. The molecule has 260 valence electrons. The van der Waals surface area contributed by atoms with Crippen LogP contribution in [-0.4, -0.2) is 27.0 Å². The first-order chi connectivity index (χ1) is 19.4. The fraction of sp³-hybridized carbons (Fsp3) is 1.00. The predicted octanol–water partition coefficient (Wildman–Crippen LogP) is 14.1. The van der Waals surface area contributed by atoms with Crippen molar-refractivity contribution >= 4 is 46.7 Å². The van der Waals surface area contributed by atoms with Crippen LogP contribution in [0.4, 0.5) is 34.0 Å². The van der Waals surface area contributed by atoms with Gasteiger partial charge in [0.25, 0.3) is 9.24 Å². The van der Waals surface area contributed by atoms with E-state index >= 15 is 0 Å². The molecule has 0 heterocycles. The van der Waals surface area contributed by atoms with Crippen LogP contribution < -0.4 is 0 Å². The average Bonchev–Trinajstić information content (AvgIpc) is 2.83. The van der Waals surface area contributed by atoms with Crippen LogP contribution in [-0.2, 0) is 13.4 Å². The monoisotopic (exact) mass is 750 g/mol. The summed E-state index contributed by atoms with van der Waals surface area (Å²) >= 11 is -2.84. The second kappa shape index (κ2) is 25.1. The molecule has 0 aliphatic heterocycles. The molecule has 0 unspecified atom stereocenters. The Morgan fingerprint density at radius 3 is 0.786 bits per heavy atom. The molecule has 0 atom stereocenters. The molecule has 0 spiro atoms. The Morgan fingerprint density at radius 1 is 0.405 bits per heavy atom. The summed E-state index contributed by atoms with van der Waals surface area (Å²) in [5.41, 5.74) is 0. The van der Waals surface area contributed by atoms with Gasteiger partial charge >= 0.3 is 41.1 Å². The van der Waals surface area contributed by atoms with Gasteiger partial charge < -0.3 is 0 Å². The molecule has 0 amide bonds. The zero-order valence-corrected chi connectivity index (χ0v) is 29.6. The van der Waals surface area contributed by atoms with E-state index in [0.717, 1.165) is 32.3 Å². The fourth-order valence-electron chi connectivity index (χ4n) is 4.63. The van der Waals surface area contributed by atoms with Gasteiger partial charge in [0.2, 0.25) is 0 Å². The van der Waals surface area contributed by atoms with Crippen molar-refractivity contribution in [3.05, 3.63) is 0 Å². The van der Waals surface area contributed by atoms with Gasteiger partial charge in [-0.05, 0) is 12.8 Å². The normalized spacial score (nSPS) is 14.0. The zero-order valence-electron chi connectivity index (χ0n) is 25.2. The van der Waals surface area contributed by atoms with Gasteiger partial charge in [-0.15, -0.1) is 4.18 Å². The molecule has 0 aliphatic rings. The first kappa shape index (κ1) is 45.1. The molecule has 0 aromatic heterocycles. The number of thiol groups is 2. The molecule has 0 rings (SSSR count). The van der Waals surface area contributed by atoms with Gasteiger partial charge in [-0.3, -0.25) is 0 Å². The SMILES string of the molecule is FC(F)(F)CCCCCCCCCCCCCCCCCCCCCCCCCCCO[S+](S)S.F[As-](F)(F)(F)(F)F. The average molecular weight is 751 g/mol. The van der Waals surface area contributed by atoms with Gasteiger partial charge in [0.1, 0.15) is 29.9 Å². The number of halogens is 9. The van der Waals surface area contributed by atoms with Crippen molar-refractivity contribution in [2.24, 2.45) is 0 Å². The van der Waals surface area contributed by atoms with Crippen molar-refractivity contribution in [1.82, 2.24) is 0 Å². The first-order valence-electron chi connectivity index (χ1n) is 15.8. The molecule has 0 aliphatic carbocycles. The Labute approximate surface area is 263 Å². The number of alkyl halides is 3.